The molecule has 0 radical (unpaired) electrons. The maximum atomic E-state index is 5.64. The number of hydrogen-bond donors (Lipinski definition) is 0. The van der Waals surface area contributed by atoms with Gasteiger partial charge in [0.15, 0.2) is 17.5 Å². The highest BCUT2D eigenvalue weighted by Crippen LogP contribution is 2.46. The zero-order chi connectivity index (χ0) is 64.0. The van der Waals surface area contributed by atoms with E-state index in [-0.39, 0.29) is 43.3 Å². The van der Waals surface area contributed by atoms with Gasteiger partial charge in [0.05, 0.1) is 33.4 Å². The fourth-order valence-corrected chi connectivity index (χ4v) is 12.3. The topological polar surface area (TPSA) is 61.4 Å². The van der Waals surface area contributed by atoms with Crippen LogP contribution < -0.4 is 0 Å². The molecule has 0 saturated heterocycles. The van der Waals surface area contributed by atoms with Crippen LogP contribution in [0.15, 0.2) is 146 Å². The number of nitrogens with zero attached hydrogens (tertiary/aromatic N) is 6. The summed E-state index contributed by atoms with van der Waals surface area (Å²) < 4.78 is 4.98. The average Bonchev–Trinajstić information content (AvgIpc) is 1.65. The van der Waals surface area contributed by atoms with Crippen molar-refractivity contribution in [3.8, 4) is 56.7 Å². The van der Waals surface area contributed by atoms with E-state index in [0.29, 0.717) is 17.5 Å². The SMILES string of the molecule is CC(C)(C)c1cc(-c2nc(-c3cc(C(C)(C)C)cc(C(C)(C)C)c3)nc(-c3ccc(-n4c5ccc(C(C)(C)C)cc5c5cc(C(C)(C)C)ccc54)c(-c4cnccc4-n4c5ccc(C(C)(C)C)cc5c5cc(C(C)(C)C)ccc54)c3)n2)cc(C(C)(C)C)c1. The Hall–Kier alpha value is -7.70. The third kappa shape index (κ3) is 11.7. The van der Waals surface area contributed by atoms with Crippen molar-refractivity contribution in [3.63, 3.8) is 0 Å². The molecule has 11 rings (SSSR count). The molecule has 0 spiro atoms. The first-order chi connectivity index (χ1) is 40.6. The Balaban J connectivity index is 1.28. The van der Waals surface area contributed by atoms with Crippen LogP contribution in [0.4, 0.5) is 0 Å². The summed E-state index contributed by atoms with van der Waals surface area (Å²) in [6.07, 6.45) is 4.03. The van der Waals surface area contributed by atoms with Gasteiger partial charge in [-0.15, -0.1) is 0 Å². The van der Waals surface area contributed by atoms with Crippen molar-refractivity contribution in [2.24, 2.45) is 0 Å². The monoisotopic (exact) mass is 1160 g/mol. The van der Waals surface area contributed by atoms with Gasteiger partial charge in [-0.1, -0.05) is 203 Å². The fraction of sp³-hybridized carbons (Fsp3) is 0.390. The standard InChI is InChI=1S/C82H96N6/c1-75(2,3)52-26-31-67-61(44-52)62-45-53(76(4,5)6)27-32-68(62)87(67)66-30-25-49(41-60(66)65-48-83-36-35-71(65)88-69-33-28-54(77(7,8)9)46-63(69)64-47-55(78(10,11)12)29-34-70(64)88)72-84-73(50-37-56(79(13,14)15)42-57(38-50)80(16,17)18)86-74(85-72)51-39-58(81(19,20)21)43-59(40-51)82(22,23)24/h25-48H,1-24H3. The van der Waals surface area contributed by atoms with Gasteiger partial charge in [-0.2, -0.15) is 0 Å². The average molecular weight is 1170 g/mol. The molecule has 0 fully saturated rings. The second-order valence-corrected chi connectivity index (χ2v) is 33.6. The number of hydrogen-bond acceptors (Lipinski definition) is 4. The van der Waals surface area contributed by atoms with Crippen LogP contribution in [0.1, 0.15) is 211 Å². The summed E-state index contributed by atoms with van der Waals surface area (Å²) in [5, 5.41) is 4.93. The summed E-state index contributed by atoms with van der Waals surface area (Å²) in [5.41, 5.74) is 20.9. The summed E-state index contributed by atoms with van der Waals surface area (Å²) >= 11 is 0. The van der Waals surface area contributed by atoms with Gasteiger partial charge in [-0.25, -0.2) is 15.0 Å². The van der Waals surface area contributed by atoms with Crippen LogP contribution in [-0.2, 0) is 43.3 Å². The largest absolute Gasteiger partial charge is 0.309 e. The Morgan fingerprint density at radius 2 is 0.534 bits per heavy atom. The highest BCUT2D eigenvalue weighted by Gasteiger charge is 2.30. The molecular formula is C82H96N6. The van der Waals surface area contributed by atoms with Crippen LogP contribution in [0.3, 0.4) is 0 Å². The van der Waals surface area contributed by atoms with Crippen LogP contribution in [-0.4, -0.2) is 29.1 Å². The second kappa shape index (κ2) is 21.0. The first kappa shape index (κ1) is 61.9. The summed E-state index contributed by atoms with van der Waals surface area (Å²) in [4.78, 5) is 21.9. The molecule has 0 amide bonds. The van der Waals surface area contributed by atoms with E-state index in [1.54, 1.807) is 0 Å². The first-order valence-corrected chi connectivity index (χ1v) is 32.0. The zero-order valence-corrected chi connectivity index (χ0v) is 57.5. The fourth-order valence-electron chi connectivity index (χ4n) is 12.3. The summed E-state index contributed by atoms with van der Waals surface area (Å²) in [7, 11) is 0. The van der Waals surface area contributed by atoms with Crippen LogP contribution in [0.25, 0.3) is 100 Å². The Morgan fingerprint density at radius 1 is 0.250 bits per heavy atom. The molecule has 11 aromatic rings. The smallest absolute Gasteiger partial charge is 0.164 e. The second-order valence-electron chi connectivity index (χ2n) is 33.6. The molecule has 0 aliphatic carbocycles. The van der Waals surface area contributed by atoms with Crippen molar-refractivity contribution < 1.29 is 0 Å². The van der Waals surface area contributed by atoms with Crippen molar-refractivity contribution in [2.45, 2.75) is 209 Å². The van der Waals surface area contributed by atoms with Crippen LogP contribution in [0.2, 0.25) is 0 Å². The maximum absolute atomic E-state index is 5.64. The van der Waals surface area contributed by atoms with Gasteiger partial charge in [-0.3, -0.25) is 4.98 Å². The van der Waals surface area contributed by atoms with Crippen molar-refractivity contribution in [1.82, 2.24) is 29.1 Å². The van der Waals surface area contributed by atoms with Crippen LogP contribution >= 0.6 is 0 Å². The predicted octanol–water partition coefficient (Wildman–Crippen LogP) is 22.5. The van der Waals surface area contributed by atoms with Crippen molar-refractivity contribution in [2.75, 3.05) is 0 Å². The van der Waals surface area contributed by atoms with E-state index in [1.165, 1.54) is 66.1 Å². The van der Waals surface area contributed by atoms with Crippen molar-refractivity contribution >= 4 is 43.6 Å². The third-order valence-corrected chi connectivity index (χ3v) is 18.3. The molecule has 6 nitrogen and oxygen atoms in total. The number of benzene rings is 7. The van der Waals surface area contributed by atoms with E-state index in [0.717, 1.165) is 61.3 Å². The normalized spacial score (nSPS) is 13.5. The van der Waals surface area contributed by atoms with E-state index in [9.17, 15) is 0 Å². The minimum Gasteiger partial charge on any atom is -0.309 e. The number of pyridine rings is 1. The molecule has 0 unspecified atom stereocenters. The van der Waals surface area contributed by atoms with Crippen molar-refractivity contribution in [1.29, 1.82) is 0 Å². The predicted molar refractivity (Wildman–Crippen MR) is 378 cm³/mol. The maximum Gasteiger partial charge on any atom is 0.164 e. The number of fused-ring (bicyclic) bond motifs is 6. The minimum absolute atomic E-state index is 0.0473. The molecule has 88 heavy (non-hydrogen) atoms. The highest BCUT2D eigenvalue weighted by molar-refractivity contribution is 6.12. The Bertz CT molecular complexity index is 4250. The summed E-state index contributed by atoms with van der Waals surface area (Å²) in [5.74, 6) is 1.89. The first-order valence-electron chi connectivity index (χ1n) is 32.0. The third-order valence-electron chi connectivity index (χ3n) is 18.3. The molecule has 0 atom stereocenters. The van der Waals surface area contributed by atoms with E-state index in [4.69, 9.17) is 19.9 Å². The quantitative estimate of drug-likeness (QED) is 0.166. The minimum atomic E-state index is -0.126. The summed E-state index contributed by atoms with van der Waals surface area (Å²) in [6.45, 7) is 55.2. The molecule has 0 N–H and O–H groups in total. The van der Waals surface area contributed by atoms with E-state index >= 15 is 0 Å². The molecule has 0 aliphatic heterocycles. The van der Waals surface area contributed by atoms with Gasteiger partial charge in [-0.05, 0) is 185 Å². The molecular weight excluding hydrogens is 1070 g/mol. The van der Waals surface area contributed by atoms with Gasteiger partial charge in [0.1, 0.15) is 0 Å². The summed E-state index contributed by atoms with van der Waals surface area (Å²) in [6, 6.07) is 51.5. The lowest BCUT2D eigenvalue weighted by Gasteiger charge is -2.26. The molecule has 7 aromatic carbocycles. The lowest BCUT2D eigenvalue weighted by atomic mass is 9.79. The van der Waals surface area contributed by atoms with Crippen molar-refractivity contribution in [3.05, 3.63) is 190 Å². The van der Waals surface area contributed by atoms with E-state index < -0.39 is 0 Å². The van der Waals surface area contributed by atoms with Crippen LogP contribution in [0, 0.1) is 0 Å². The lowest BCUT2D eigenvalue weighted by Crippen LogP contribution is -2.17. The molecule has 4 heterocycles. The molecule has 4 aromatic heterocycles. The number of aromatic nitrogens is 6. The molecule has 0 saturated carbocycles. The van der Waals surface area contributed by atoms with Gasteiger partial charge in [0.25, 0.3) is 0 Å². The number of rotatable bonds is 6. The molecule has 0 aliphatic rings. The Labute approximate surface area is 526 Å². The molecule has 6 heteroatoms. The van der Waals surface area contributed by atoms with Gasteiger partial charge >= 0.3 is 0 Å². The highest BCUT2D eigenvalue weighted by atomic mass is 15.0. The lowest BCUT2D eigenvalue weighted by molar-refractivity contribution is 0.568. The molecule has 454 valence electrons. The molecule has 0 bridgehead atoms. The Kier molecular flexibility index (Phi) is 14.8. The van der Waals surface area contributed by atoms with Crippen LogP contribution in [0.5, 0.6) is 0 Å². The van der Waals surface area contributed by atoms with E-state index in [2.05, 4.69) is 315 Å². The van der Waals surface area contributed by atoms with E-state index in [1.807, 2.05) is 6.20 Å². The zero-order valence-electron chi connectivity index (χ0n) is 57.5. The van der Waals surface area contributed by atoms with Gasteiger partial charge < -0.3 is 9.13 Å². The van der Waals surface area contributed by atoms with Gasteiger partial charge in [0.2, 0.25) is 0 Å². The Morgan fingerprint density at radius 3 is 0.830 bits per heavy atom. The van der Waals surface area contributed by atoms with Gasteiger partial charge in [0, 0.05) is 61.8 Å².